The molecule has 19 heavy (non-hydrogen) atoms. The van der Waals surface area contributed by atoms with Crippen LogP contribution in [-0.2, 0) is 0 Å². The van der Waals surface area contributed by atoms with Gasteiger partial charge in [-0.1, -0.05) is 0 Å². The molecule has 0 unspecified atom stereocenters. The number of anilines is 1. The van der Waals surface area contributed by atoms with Crippen molar-refractivity contribution in [3.63, 3.8) is 0 Å². The molecule has 10 heteroatoms. The topological polar surface area (TPSA) is 136 Å². The molecule has 0 atom stereocenters. The Labute approximate surface area is 111 Å². The summed E-state index contributed by atoms with van der Waals surface area (Å²) in [6, 6.07) is 1.51. The summed E-state index contributed by atoms with van der Waals surface area (Å²) < 4.78 is 0. The zero-order valence-electron chi connectivity index (χ0n) is 9.33. The van der Waals surface area contributed by atoms with Crippen LogP contribution in [-0.4, -0.2) is 33.3 Å². The van der Waals surface area contributed by atoms with Crippen molar-refractivity contribution in [3.8, 4) is 0 Å². The van der Waals surface area contributed by atoms with Crippen LogP contribution in [0.4, 0.5) is 17.1 Å². The van der Waals surface area contributed by atoms with E-state index in [0.717, 1.165) is 12.1 Å². The van der Waals surface area contributed by atoms with Gasteiger partial charge in [0.1, 0.15) is 0 Å². The molecule has 102 valence electrons. The quantitative estimate of drug-likeness (QED) is 0.463. The van der Waals surface area contributed by atoms with Gasteiger partial charge >= 0.3 is 5.97 Å². The van der Waals surface area contributed by atoms with Gasteiger partial charge in [0.2, 0.25) is 0 Å². The second kappa shape index (κ2) is 5.96. The Kier molecular flexibility index (Phi) is 4.59. The van der Waals surface area contributed by atoms with E-state index < -0.39 is 32.8 Å². The van der Waals surface area contributed by atoms with Gasteiger partial charge in [0.25, 0.3) is 11.4 Å². The number of nitro groups is 2. The number of hydrogen-bond donors (Lipinski definition) is 2. The zero-order chi connectivity index (χ0) is 14.6. The van der Waals surface area contributed by atoms with Crippen molar-refractivity contribution in [2.45, 2.75) is 0 Å². The van der Waals surface area contributed by atoms with E-state index in [1.807, 2.05) is 0 Å². The van der Waals surface area contributed by atoms with Gasteiger partial charge in [0.15, 0.2) is 5.69 Å². The van der Waals surface area contributed by atoms with Crippen LogP contribution < -0.4 is 5.32 Å². The number of alkyl halides is 1. The molecule has 0 amide bonds. The molecule has 1 aromatic carbocycles. The van der Waals surface area contributed by atoms with Gasteiger partial charge in [-0.05, 0) is 0 Å². The first-order chi connectivity index (χ1) is 8.88. The molecule has 0 aliphatic carbocycles. The normalized spacial score (nSPS) is 9.95. The predicted octanol–water partition coefficient (Wildman–Crippen LogP) is 1.85. The number of nitrogens with one attached hydrogen (secondary N) is 1. The fourth-order valence-corrected chi connectivity index (χ4v) is 1.47. The first kappa shape index (κ1) is 14.6. The van der Waals surface area contributed by atoms with Crippen LogP contribution in [0.15, 0.2) is 12.1 Å². The third-order valence-electron chi connectivity index (χ3n) is 2.13. The van der Waals surface area contributed by atoms with Gasteiger partial charge in [-0.25, -0.2) is 4.79 Å². The average Bonchev–Trinajstić information content (AvgIpc) is 2.34. The van der Waals surface area contributed by atoms with Crippen LogP contribution in [0.25, 0.3) is 0 Å². The highest BCUT2D eigenvalue weighted by Gasteiger charge is 2.28. The third-order valence-corrected chi connectivity index (χ3v) is 2.32. The van der Waals surface area contributed by atoms with Gasteiger partial charge < -0.3 is 10.4 Å². The Morgan fingerprint density at radius 2 is 1.74 bits per heavy atom. The Hall–Kier alpha value is -2.42. The SMILES string of the molecule is O=C(O)c1cc([N+](=O)[O-])c(NCCCl)c([N+](=O)[O-])c1. The summed E-state index contributed by atoms with van der Waals surface area (Å²) in [4.78, 5) is 30.7. The molecule has 0 radical (unpaired) electrons. The fraction of sp³-hybridized carbons (Fsp3) is 0.222. The molecule has 2 N–H and O–H groups in total. The van der Waals surface area contributed by atoms with E-state index in [1.165, 1.54) is 0 Å². The molecule has 1 rings (SSSR count). The highest BCUT2D eigenvalue weighted by Crippen LogP contribution is 2.35. The first-order valence-electron chi connectivity index (χ1n) is 4.88. The number of nitro benzene ring substituents is 2. The second-order valence-corrected chi connectivity index (χ2v) is 3.70. The summed E-state index contributed by atoms with van der Waals surface area (Å²) in [5.41, 5.74) is -2.26. The average molecular weight is 290 g/mol. The standard InChI is InChI=1S/C9H8ClN3O6/c10-1-2-11-8-6(12(16)17)3-5(9(14)15)4-7(8)13(18)19/h3-4,11H,1-2H2,(H,14,15). The number of aromatic carboxylic acids is 1. The minimum Gasteiger partial charge on any atom is -0.478 e. The molecular formula is C9H8ClN3O6. The summed E-state index contributed by atoms with van der Waals surface area (Å²) in [5, 5.41) is 32.9. The maximum Gasteiger partial charge on any atom is 0.336 e. The number of benzene rings is 1. The Morgan fingerprint density at radius 3 is 2.05 bits per heavy atom. The molecule has 0 fully saturated rings. The summed E-state index contributed by atoms with van der Waals surface area (Å²) >= 11 is 5.40. The van der Waals surface area contributed by atoms with E-state index in [1.54, 1.807) is 0 Å². The smallest absolute Gasteiger partial charge is 0.336 e. The van der Waals surface area contributed by atoms with Crippen LogP contribution in [0.1, 0.15) is 10.4 Å². The van der Waals surface area contributed by atoms with Gasteiger partial charge in [-0.3, -0.25) is 20.2 Å². The van der Waals surface area contributed by atoms with Crippen molar-refractivity contribution >= 4 is 34.6 Å². The first-order valence-corrected chi connectivity index (χ1v) is 5.42. The number of rotatable bonds is 6. The molecule has 9 nitrogen and oxygen atoms in total. The highest BCUT2D eigenvalue weighted by molar-refractivity contribution is 6.18. The largest absolute Gasteiger partial charge is 0.478 e. The van der Waals surface area contributed by atoms with E-state index in [9.17, 15) is 25.0 Å². The number of hydrogen-bond acceptors (Lipinski definition) is 6. The predicted molar refractivity (Wildman–Crippen MR) is 65.9 cm³/mol. The summed E-state index contributed by atoms with van der Waals surface area (Å²) in [7, 11) is 0. The summed E-state index contributed by atoms with van der Waals surface area (Å²) in [5.74, 6) is -1.41. The molecule has 0 saturated carbocycles. The lowest BCUT2D eigenvalue weighted by Crippen LogP contribution is -2.10. The number of halogens is 1. The number of carbonyl (C=O) groups is 1. The Morgan fingerprint density at radius 1 is 1.26 bits per heavy atom. The number of carboxylic acids is 1. The van der Waals surface area contributed by atoms with Crippen molar-refractivity contribution in [2.24, 2.45) is 0 Å². The lowest BCUT2D eigenvalue weighted by molar-refractivity contribution is -0.392. The molecule has 0 aromatic heterocycles. The minimum atomic E-state index is -1.49. The van der Waals surface area contributed by atoms with E-state index in [0.29, 0.717) is 0 Å². The van der Waals surface area contributed by atoms with Crippen LogP contribution in [0, 0.1) is 20.2 Å². The van der Waals surface area contributed by atoms with Crippen molar-refractivity contribution in [2.75, 3.05) is 17.7 Å². The van der Waals surface area contributed by atoms with Crippen molar-refractivity contribution in [3.05, 3.63) is 37.9 Å². The fourth-order valence-electron chi connectivity index (χ4n) is 1.38. The van der Waals surface area contributed by atoms with Crippen LogP contribution in [0.5, 0.6) is 0 Å². The Balaban J connectivity index is 3.50. The van der Waals surface area contributed by atoms with Gasteiger partial charge in [-0.15, -0.1) is 11.6 Å². The van der Waals surface area contributed by atoms with E-state index in [4.69, 9.17) is 16.7 Å². The summed E-state index contributed by atoms with van der Waals surface area (Å²) in [6.07, 6.45) is 0. The molecule has 0 spiro atoms. The van der Waals surface area contributed by atoms with Crippen LogP contribution in [0.3, 0.4) is 0 Å². The van der Waals surface area contributed by atoms with E-state index >= 15 is 0 Å². The molecule has 1 aromatic rings. The minimum absolute atomic E-state index is 0.0651. The number of carboxylic acid groups (broad SMARTS) is 1. The highest BCUT2D eigenvalue weighted by atomic mass is 35.5. The van der Waals surface area contributed by atoms with Gasteiger partial charge in [0.05, 0.1) is 15.4 Å². The maximum atomic E-state index is 10.9. The van der Waals surface area contributed by atoms with E-state index in [-0.39, 0.29) is 18.1 Å². The van der Waals surface area contributed by atoms with Crippen LogP contribution in [0.2, 0.25) is 0 Å². The van der Waals surface area contributed by atoms with Gasteiger partial charge in [0, 0.05) is 24.6 Å². The Bertz CT molecular complexity index is 512. The van der Waals surface area contributed by atoms with Crippen LogP contribution >= 0.6 is 11.6 Å². The molecule has 0 aliphatic heterocycles. The second-order valence-electron chi connectivity index (χ2n) is 3.32. The summed E-state index contributed by atoms with van der Waals surface area (Å²) in [6.45, 7) is 0.0651. The van der Waals surface area contributed by atoms with Crippen molar-refractivity contribution in [1.82, 2.24) is 0 Å². The van der Waals surface area contributed by atoms with Gasteiger partial charge in [-0.2, -0.15) is 0 Å². The maximum absolute atomic E-state index is 10.9. The lowest BCUT2D eigenvalue weighted by atomic mass is 10.1. The molecule has 0 aliphatic rings. The monoisotopic (exact) mass is 289 g/mol. The molecular weight excluding hydrogens is 282 g/mol. The third kappa shape index (κ3) is 3.28. The molecule has 0 saturated heterocycles. The van der Waals surface area contributed by atoms with Crippen molar-refractivity contribution < 1.29 is 19.7 Å². The molecule has 0 heterocycles. The lowest BCUT2D eigenvalue weighted by Gasteiger charge is -2.07. The zero-order valence-corrected chi connectivity index (χ0v) is 10.1. The van der Waals surface area contributed by atoms with E-state index in [2.05, 4.69) is 5.32 Å². The number of nitrogens with zero attached hydrogens (tertiary/aromatic N) is 2. The van der Waals surface area contributed by atoms with Crippen molar-refractivity contribution in [1.29, 1.82) is 0 Å². The molecule has 0 bridgehead atoms.